The number of rotatable bonds is 7. The predicted molar refractivity (Wildman–Crippen MR) is 130 cm³/mol. The number of aromatic amines is 1. The van der Waals surface area contributed by atoms with Crippen molar-refractivity contribution in [2.45, 2.75) is 46.3 Å². The number of fused-ring (bicyclic) bond motifs is 2. The fourth-order valence-electron chi connectivity index (χ4n) is 4.04. The third-order valence-corrected chi connectivity index (χ3v) is 6.29. The number of nitrogens with one attached hydrogen (secondary N) is 2. The van der Waals surface area contributed by atoms with Crippen LogP contribution in [0, 0.1) is 20.8 Å². The monoisotopic (exact) mass is 478 g/mol. The van der Waals surface area contributed by atoms with E-state index in [1.54, 1.807) is 38.2 Å². The van der Waals surface area contributed by atoms with Crippen molar-refractivity contribution in [1.82, 2.24) is 10.3 Å². The third kappa shape index (κ3) is 4.57. The number of ether oxygens (including phenoxy) is 1. The van der Waals surface area contributed by atoms with Gasteiger partial charge in [-0.15, -0.1) is 0 Å². The van der Waals surface area contributed by atoms with E-state index in [1.807, 2.05) is 6.92 Å². The molecule has 2 aromatic carbocycles. The van der Waals surface area contributed by atoms with Crippen LogP contribution in [0.15, 0.2) is 45.7 Å². The average Bonchev–Trinajstić information content (AvgIpc) is 3.20. The number of amides is 1. The lowest BCUT2D eigenvalue weighted by molar-refractivity contribution is -0.142. The molecule has 0 fully saturated rings. The zero-order valence-electron chi connectivity index (χ0n) is 19.8. The first-order valence-electron chi connectivity index (χ1n) is 11.1. The summed E-state index contributed by atoms with van der Waals surface area (Å²) >= 11 is 0. The van der Waals surface area contributed by atoms with Gasteiger partial charge in [-0.1, -0.05) is 0 Å². The first kappa shape index (κ1) is 23.9. The van der Waals surface area contributed by atoms with E-state index in [-0.39, 0.29) is 12.2 Å². The summed E-state index contributed by atoms with van der Waals surface area (Å²) in [5.74, 6) is -1.40. The molecule has 9 nitrogen and oxygen atoms in total. The minimum absolute atomic E-state index is 0.00995. The van der Waals surface area contributed by atoms with Gasteiger partial charge in [0, 0.05) is 40.0 Å². The molecule has 0 aliphatic rings. The van der Waals surface area contributed by atoms with Crippen LogP contribution in [0.25, 0.3) is 21.9 Å². The van der Waals surface area contributed by atoms with Crippen LogP contribution in [0.4, 0.5) is 0 Å². The number of carbonyl (C=O) groups excluding carboxylic acids is 1. The lowest BCUT2D eigenvalue weighted by Crippen LogP contribution is -2.47. The number of aryl methyl sites for hydroxylation is 2. The number of carboxylic acid groups (broad SMARTS) is 1. The Morgan fingerprint density at radius 1 is 1.09 bits per heavy atom. The van der Waals surface area contributed by atoms with Gasteiger partial charge in [0.1, 0.15) is 23.1 Å². The Labute approximate surface area is 200 Å². The van der Waals surface area contributed by atoms with Crippen molar-refractivity contribution >= 4 is 33.7 Å². The number of carboxylic acids is 1. The van der Waals surface area contributed by atoms with Crippen LogP contribution < -0.4 is 15.7 Å². The highest BCUT2D eigenvalue weighted by Gasteiger charge is 2.26. The first-order valence-corrected chi connectivity index (χ1v) is 11.1. The van der Waals surface area contributed by atoms with Crippen molar-refractivity contribution in [3.63, 3.8) is 0 Å². The van der Waals surface area contributed by atoms with E-state index < -0.39 is 29.6 Å². The van der Waals surface area contributed by atoms with Crippen LogP contribution in [-0.2, 0) is 16.0 Å². The van der Waals surface area contributed by atoms with Crippen molar-refractivity contribution in [3.05, 3.63) is 69.2 Å². The standard InChI is InChI=1S/C26H26N2O7/c1-12-13(2)26(33)35-23-14(3)22(8-6-18(12)23)34-15(4)24(30)28-21(25(31)32)9-16-11-27-20-7-5-17(29)10-19(16)20/h5-8,10-11,15,21,27,29H,9H2,1-4H3,(H,28,30)(H,31,32). The van der Waals surface area contributed by atoms with Crippen LogP contribution in [-0.4, -0.2) is 39.2 Å². The van der Waals surface area contributed by atoms with Gasteiger partial charge >= 0.3 is 11.6 Å². The molecule has 0 aliphatic heterocycles. The summed E-state index contributed by atoms with van der Waals surface area (Å²) in [6.07, 6.45) is 0.649. The van der Waals surface area contributed by atoms with Gasteiger partial charge in [-0.3, -0.25) is 4.79 Å². The molecule has 0 saturated carbocycles. The minimum atomic E-state index is -1.21. The zero-order chi connectivity index (χ0) is 25.4. The van der Waals surface area contributed by atoms with E-state index in [4.69, 9.17) is 9.15 Å². The summed E-state index contributed by atoms with van der Waals surface area (Å²) < 4.78 is 11.3. The van der Waals surface area contributed by atoms with Gasteiger partial charge in [-0.25, -0.2) is 9.59 Å². The summed E-state index contributed by atoms with van der Waals surface area (Å²) in [5, 5.41) is 23.4. The maximum absolute atomic E-state index is 12.8. The number of benzene rings is 2. The van der Waals surface area contributed by atoms with Crippen molar-refractivity contribution in [3.8, 4) is 11.5 Å². The Bertz CT molecular complexity index is 1520. The molecule has 0 saturated heterocycles. The molecule has 2 atom stereocenters. The number of aromatic hydroxyl groups is 1. The molecule has 0 aliphatic carbocycles. The Balaban J connectivity index is 1.52. The van der Waals surface area contributed by atoms with Crippen LogP contribution in [0.1, 0.15) is 29.2 Å². The van der Waals surface area contributed by atoms with E-state index in [0.717, 1.165) is 16.5 Å². The highest BCUT2D eigenvalue weighted by molar-refractivity contribution is 5.89. The molecule has 9 heteroatoms. The zero-order valence-corrected chi connectivity index (χ0v) is 19.8. The van der Waals surface area contributed by atoms with Gasteiger partial charge in [0.15, 0.2) is 6.10 Å². The van der Waals surface area contributed by atoms with E-state index in [2.05, 4.69) is 10.3 Å². The summed E-state index contributed by atoms with van der Waals surface area (Å²) in [6, 6.07) is 7.00. The van der Waals surface area contributed by atoms with E-state index >= 15 is 0 Å². The molecule has 35 heavy (non-hydrogen) atoms. The number of aromatic nitrogens is 1. The Hall–Kier alpha value is -4.27. The molecule has 4 rings (SSSR count). The van der Waals surface area contributed by atoms with Gasteiger partial charge in [-0.05, 0) is 69.2 Å². The minimum Gasteiger partial charge on any atom is -0.508 e. The van der Waals surface area contributed by atoms with Crippen LogP contribution in [0.3, 0.4) is 0 Å². The second-order valence-electron chi connectivity index (χ2n) is 8.61. The Kier molecular flexibility index (Phi) is 6.26. The van der Waals surface area contributed by atoms with Gasteiger partial charge in [0.25, 0.3) is 5.91 Å². The summed E-state index contributed by atoms with van der Waals surface area (Å²) in [5.41, 5.74) is 3.24. The number of aliphatic carboxylic acids is 1. The Morgan fingerprint density at radius 3 is 2.54 bits per heavy atom. The highest BCUT2D eigenvalue weighted by atomic mass is 16.5. The molecule has 0 spiro atoms. The number of phenols is 1. The highest BCUT2D eigenvalue weighted by Crippen LogP contribution is 2.30. The molecule has 2 heterocycles. The normalized spacial score (nSPS) is 13.0. The van der Waals surface area contributed by atoms with Gasteiger partial charge in [0.2, 0.25) is 0 Å². The molecule has 2 aromatic heterocycles. The predicted octanol–water partition coefficient (Wildman–Crippen LogP) is 3.48. The summed E-state index contributed by atoms with van der Waals surface area (Å²) in [7, 11) is 0. The van der Waals surface area contributed by atoms with Gasteiger partial charge in [-0.2, -0.15) is 0 Å². The lowest BCUT2D eigenvalue weighted by Gasteiger charge is -2.20. The SMILES string of the molecule is Cc1c(C)c2ccc(OC(C)C(=O)NC(Cc3c[nH]c4ccc(O)cc34)C(=O)O)c(C)c2oc1=O. The van der Waals surface area contributed by atoms with Crippen molar-refractivity contribution < 1.29 is 29.0 Å². The Morgan fingerprint density at radius 2 is 1.83 bits per heavy atom. The van der Waals surface area contributed by atoms with Gasteiger partial charge < -0.3 is 29.7 Å². The van der Waals surface area contributed by atoms with Crippen LogP contribution >= 0.6 is 0 Å². The molecular formula is C26H26N2O7. The maximum Gasteiger partial charge on any atom is 0.339 e. The lowest BCUT2D eigenvalue weighted by atomic mass is 10.0. The molecular weight excluding hydrogens is 452 g/mol. The van der Waals surface area contributed by atoms with Crippen molar-refractivity contribution in [2.75, 3.05) is 0 Å². The molecule has 182 valence electrons. The molecule has 2 unspecified atom stereocenters. The number of carbonyl (C=O) groups is 2. The fourth-order valence-corrected chi connectivity index (χ4v) is 4.04. The number of H-pyrrole nitrogens is 1. The smallest absolute Gasteiger partial charge is 0.339 e. The fraction of sp³-hybridized carbons (Fsp3) is 0.269. The molecule has 4 aromatic rings. The molecule has 0 radical (unpaired) electrons. The summed E-state index contributed by atoms with van der Waals surface area (Å²) in [4.78, 5) is 39.8. The number of hydrogen-bond acceptors (Lipinski definition) is 6. The second-order valence-corrected chi connectivity index (χ2v) is 8.61. The quantitative estimate of drug-likeness (QED) is 0.298. The largest absolute Gasteiger partial charge is 0.508 e. The second kappa shape index (κ2) is 9.17. The van der Waals surface area contributed by atoms with Crippen molar-refractivity contribution in [2.24, 2.45) is 0 Å². The topological polar surface area (TPSA) is 142 Å². The maximum atomic E-state index is 12.8. The van der Waals surface area contributed by atoms with E-state index in [1.165, 1.54) is 19.1 Å². The molecule has 1 amide bonds. The number of hydrogen-bond donors (Lipinski definition) is 4. The average molecular weight is 479 g/mol. The summed E-state index contributed by atoms with van der Waals surface area (Å²) in [6.45, 7) is 6.78. The molecule has 0 bridgehead atoms. The number of phenolic OH excluding ortho intramolecular Hbond substituents is 1. The third-order valence-electron chi connectivity index (χ3n) is 6.29. The van der Waals surface area contributed by atoms with Crippen molar-refractivity contribution in [1.29, 1.82) is 0 Å². The first-order chi connectivity index (χ1) is 16.6. The van der Waals surface area contributed by atoms with Gasteiger partial charge in [0.05, 0.1) is 0 Å². The van der Waals surface area contributed by atoms with E-state index in [9.17, 15) is 24.6 Å². The van der Waals surface area contributed by atoms with E-state index in [0.29, 0.717) is 33.4 Å². The van der Waals surface area contributed by atoms with Crippen LogP contribution in [0.5, 0.6) is 11.5 Å². The van der Waals surface area contributed by atoms with Crippen LogP contribution in [0.2, 0.25) is 0 Å². The molecule has 4 N–H and O–H groups in total.